The lowest BCUT2D eigenvalue weighted by molar-refractivity contribution is 0.0881. The number of pyridine rings is 1. The summed E-state index contributed by atoms with van der Waals surface area (Å²) < 4.78 is 14.1. The highest BCUT2D eigenvalue weighted by Crippen LogP contribution is 2.42. The monoisotopic (exact) mass is 527 g/mol. The van der Waals surface area contributed by atoms with Gasteiger partial charge in [-0.1, -0.05) is 50.2 Å². The van der Waals surface area contributed by atoms with Crippen LogP contribution in [0.3, 0.4) is 0 Å². The van der Waals surface area contributed by atoms with Gasteiger partial charge in [-0.15, -0.1) is 0 Å². The van der Waals surface area contributed by atoms with Crippen LogP contribution < -0.4 is 10.6 Å². The molecule has 2 amide bonds. The first-order chi connectivity index (χ1) is 18.5. The van der Waals surface area contributed by atoms with Crippen LogP contribution in [0.1, 0.15) is 62.5 Å². The number of allylic oxidation sites excluding steroid dienone is 1. The minimum Gasteiger partial charge on any atom is -0.391 e. The Kier molecular flexibility index (Phi) is 8.06. The van der Waals surface area contributed by atoms with Crippen LogP contribution >= 0.6 is 0 Å². The Morgan fingerprint density at radius 1 is 1.18 bits per heavy atom. The molecule has 0 saturated carbocycles. The number of aryl methyl sites for hydroxylation is 1. The molecule has 202 valence electrons. The van der Waals surface area contributed by atoms with Crippen molar-refractivity contribution in [2.45, 2.75) is 58.6 Å². The fraction of sp³-hybridized carbons (Fsp3) is 0.290. The van der Waals surface area contributed by atoms with Crippen LogP contribution in [-0.4, -0.2) is 34.8 Å². The molecule has 0 spiro atoms. The lowest BCUT2D eigenvalue weighted by Crippen LogP contribution is -2.45. The van der Waals surface area contributed by atoms with Gasteiger partial charge in [-0.2, -0.15) is 0 Å². The Balaban J connectivity index is 1.68. The number of nitrogens with zero attached hydrogens (tertiary/aromatic N) is 3. The number of benzene rings is 2. The molecule has 1 heterocycles. The van der Waals surface area contributed by atoms with E-state index in [0.29, 0.717) is 29.2 Å². The molecule has 0 saturated heterocycles. The van der Waals surface area contributed by atoms with Crippen LogP contribution in [-0.2, 0) is 5.41 Å². The number of amides is 2. The Morgan fingerprint density at radius 3 is 2.59 bits per heavy atom. The lowest BCUT2D eigenvalue weighted by Gasteiger charge is -2.40. The summed E-state index contributed by atoms with van der Waals surface area (Å²) in [6.07, 6.45) is 1.25. The van der Waals surface area contributed by atoms with Crippen molar-refractivity contribution in [3.8, 4) is 11.3 Å². The number of hydrogen-bond donors (Lipinski definition) is 3. The van der Waals surface area contributed by atoms with Gasteiger partial charge < -0.3 is 15.7 Å². The molecule has 1 aliphatic carbocycles. The fourth-order valence-corrected chi connectivity index (χ4v) is 5.03. The second-order valence-electron chi connectivity index (χ2n) is 10.5. The van der Waals surface area contributed by atoms with Gasteiger partial charge in [0.1, 0.15) is 11.7 Å². The molecule has 1 aliphatic rings. The molecule has 0 radical (unpaired) electrons. The van der Waals surface area contributed by atoms with E-state index in [2.05, 4.69) is 27.3 Å². The van der Waals surface area contributed by atoms with Crippen molar-refractivity contribution in [3.63, 3.8) is 0 Å². The number of aliphatic imine (C=N–C) groups is 2. The molecular weight excluding hydrogens is 493 g/mol. The number of carbonyl (C=O) groups excluding carboxylic acids is 1. The zero-order valence-electron chi connectivity index (χ0n) is 22.9. The highest BCUT2D eigenvalue weighted by atomic mass is 19.1. The normalized spacial score (nSPS) is 18.7. The van der Waals surface area contributed by atoms with Crippen molar-refractivity contribution in [1.29, 1.82) is 0 Å². The molecular formula is C31H34FN5O2. The van der Waals surface area contributed by atoms with Crippen LogP contribution in [0.25, 0.3) is 16.8 Å². The van der Waals surface area contributed by atoms with Crippen molar-refractivity contribution < 1.29 is 14.3 Å². The van der Waals surface area contributed by atoms with Gasteiger partial charge in [-0.25, -0.2) is 24.2 Å². The highest BCUT2D eigenvalue weighted by Gasteiger charge is 2.39. The van der Waals surface area contributed by atoms with Gasteiger partial charge in [-0.05, 0) is 79.8 Å². The van der Waals surface area contributed by atoms with Crippen LogP contribution in [0.4, 0.5) is 14.9 Å². The van der Waals surface area contributed by atoms with Crippen molar-refractivity contribution in [2.24, 2.45) is 9.98 Å². The summed E-state index contributed by atoms with van der Waals surface area (Å²) in [7, 11) is 0. The summed E-state index contributed by atoms with van der Waals surface area (Å²) in [6.45, 7) is 13.0. The second-order valence-corrected chi connectivity index (χ2v) is 10.5. The van der Waals surface area contributed by atoms with Crippen LogP contribution in [0.5, 0.6) is 0 Å². The predicted octanol–water partition coefficient (Wildman–Crippen LogP) is 6.58. The lowest BCUT2D eigenvalue weighted by atomic mass is 9.69. The summed E-state index contributed by atoms with van der Waals surface area (Å²) in [5.74, 6) is 0.198. The molecule has 7 nitrogen and oxygen atoms in total. The second kappa shape index (κ2) is 11.3. The molecule has 1 aromatic heterocycles. The summed E-state index contributed by atoms with van der Waals surface area (Å²) in [5, 5.41) is 16.8. The van der Waals surface area contributed by atoms with Crippen molar-refractivity contribution in [1.82, 2.24) is 10.3 Å². The Morgan fingerprint density at radius 2 is 1.90 bits per heavy atom. The molecule has 3 aromatic rings. The van der Waals surface area contributed by atoms with Crippen LogP contribution in [0.2, 0.25) is 0 Å². The van der Waals surface area contributed by atoms with Crippen LogP contribution in [0.15, 0.2) is 70.8 Å². The molecule has 1 unspecified atom stereocenters. The van der Waals surface area contributed by atoms with E-state index in [-0.39, 0.29) is 5.82 Å². The largest absolute Gasteiger partial charge is 0.391 e. The fourth-order valence-electron chi connectivity index (χ4n) is 5.03. The summed E-state index contributed by atoms with van der Waals surface area (Å²) in [5.41, 5.74) is 5.40. The number of aliphatic hydroxyl groups excluding tert-OH is 1. The number of hydrogen-bond acceptors (Lipinski definition) is 4. The molecule has 0 fully saturated rings. The number of anilines is 1. The zero-order valence-corrected chi connectivity index (χ0v) is 22.9. The number of amidine groups is 1. The topological polar surface area (TPSA) is 99.0 Å². The van der Waals surface area contributed by atoms with Gasteiger partial charge in [0.05, 0.1) is 29.2 Å². The van der Waals surface area contributed by atoms with E-state index in [4.69, 9.17) is 4.98 Å². The maximum absolute atomic E-state index is 14.1. The van der Waals surface area contributed by atoms with E-state index in [0.717, 1.165) is 28.0 Å². The Bertz CT molecular complexity index is 1460. The minimum atomic E-state index is -0.832. The van der Waals surface area contributed by atoms with E-state index in [1.54, 1.807) is 19.2 Å². The summed E-state index contributed by atoms with van der Waals surface area (Å²) in [4.78, 5) is 26.3. The molecule has 39 heavy (non-hydrogen) atoms. The van der Waals surface area contributed by atoms with E-state index in [9.17, 15) is 14.3 Å². The molecule has 0 bridgehead atoms. The van der Waals surface area contributed by atoms with Gasteiger partial charge in [0.15, 0.2) is 0 Å². The van der Waals surface area contributed by atoms with Crippen molar-refractivity contribution >= 4 is 29.8 Å². The van der Waals surface area contributed by atoms with E-state index >= 15 is 0 Å². The summed E-state index contributed by atoms with van der Waals surface area (Å²) in [6, 6.07) is 14.7. The number of aliphatic hydroxyl groups is 1. The molecule has 4 rings (SSSR count). The van der Waals surface area contributed by atoms with Crippen molar-refractivity contribution in [2.75, 3.05) is 5.32 Å². The third-order valence-corrected chi connectivity index (χ3v) is 7.03. The molecule has 2 aromatic carbocycles. The number of urea groups is 1. The van der Waals surface area contributed by atoms with Gasteiger partial charge in [0, 0.05) is 11.8 Å². The standard InChI is InChI=1S/C31H34FN5O2/c1-18-14-25(28(21-10-8-7-9-11-21)36-27(18)19(2)17-34-20(3)33-6)35-30(39)37-29-23-13-12-22(32)15-24(23)31(4,5)16-26(29)38/h7-15,17,26,29,38H,6,16H2,1-5H3,(H2,35,37,39)/b19-17+,34-20?/t26-,29?/m1/s1. The Labute approximate surface area is 228 Å². The van der Waals surface area contributed by atoms with Gasteiger partial charge >= 0.3 is 6.03 Å². The minimum absolute atomic E-state index is 0.346. The van der Waals surface area contributed by atoms with Crippen LogP contribution in [0, 0.1) is 12.7 Å². The quantitative estimate of drug-likeness (QED) is 0.258. The smallest absolute Gasteiger partial charge is 0.319 e. The third kappa shape index (κ3) is 6.12. The van der Waals surface area contributed by atoms with Crippen molar-refractivity contribution in [3.05, 3.63) is 89.0 Å². The number of nitrogens with one attached hydrogen (secondary N) is 2. The SMILES string of the molecule is C=NC(C)=N/C=C(\C)c1nc(-c2ccccc2)c(NC(=O)NC2c3ccc(F)cc3C(C)(C)C[C@H]2O)cc1C. The highest BCUT2D eigenvalue weighted by molar-refractivity contribution is 5.94. The van der Waals surface area contributed by atoms with E-state index < -0.39 is 23.6 Å². The molecule has 2 atom stereocenters. The number of aromatic nitrogens is 1. The first-order valence-electron chi connectivity index (χ1n) is 12.8. The first kappa shape index (κ1) is 27.9. The predicted molar refractivity (Wildman–Crippen MR) is 156 cm³/mol. The number of halogens is 1. The maximum Gasteiger partial charge on any atom is 0.319 e. The molecule has 0 aliphatic heterocycles. The average molecular weight is 528 g/mol. The summed E-state index contributed by atoms with van der Waals surface area (Å²) >= 11 is 0. The first-order valence-corrected chi connectivity index (χ1v) is 12.8. The van der Waals surface area contributed by atoms with Gasteiger partial charge in [0.25, 0.3) is 0 Å². The van der Waals surface area contributed by atoms with E-state index in [1.807, 2.05) is 64.1 Å². The Hall–Kier alpha value is -4.17. The number of carbonyl (C=O) groups is 1. The van der Waals surface area contributed by atoms with Gasteiger partial charge in [-0.3, -0.25) is 0 Å². The number of rotatable bonds is 5. The number of fused-ring (bicyclic) bond motifs is 1. The molecule has 8 heteroatoms. The third-order valence-electron chi connectivity index (χ3n) is 7.03. The maximum atomic E-state index is 14.1. The van der Waals surface area contributed by atoms with Gasteiger partial charge in [0.2, 0.25) is 0 Å². The average Bonchev–Trinajstić information content (AvgIpc) is 2.90. The van der Waals surface area contributed by atoms with E-state index in [1.165, 1.54) is 12.1 Å². The zero-order chi connectivity index (χ0) is 28.3. The molecule has 3 N–H and O–H groups in total.